The van der Waals surface area contributed by atoms with E-state index in [9.17, 15) is 0 Å². The van der Waals surface area contributed by atoms with Crippen LogP contribution in [-0.4, -0.2) is 0 Å². The van der Waals surface area contributed by atoms with E-state index in [4.69, 9.17) is 0 Å². The summed E-state index contributed by atoms with van der Waals surface area (Å²) in [6, 6.07) is 0. The van der Waals surface area contributed by atoms with Crippen LogP contribution in [0.5, 0.6) is 0 Å². The quantitative estimate of drug-likeness (QED) is 0.452. The molecule has 0 nitrogen and oxygen atoms in total. The van der Waals surface area contributed by atoms with Crippen LogP contribution in [0.1, 0.15) is 78.6 Å². The van der Waals surface area contributed by atoms with Crippen molar-refractivity contribution in [1.29, 1.82) is 0 Å². The first kappa shape index (κ1) is 15.5. The Kier molecular flexibility index (Phi) is 8.13. The first-order valence-corrected chi connectivity index (χ1v) is 8.06. The summed E-state index contributed by atoms with van der Waals surface area (Å²) in [5.41, 5.74) is 3.21. The van der Waals surface area contributed by atoms with Gasteiger partial charge in [0.15, 0.2) is 0 Å². The fourth-order valence-electron chi connectivity index (χ4n) is 2.61. The number of allylic oxidation sites excluding steroid dienone is 4. The highest BCUT2D eigenvalue weighted by Crippen LogP contribution is 2.30. The third-order valence-electron chi connectivity index (χ3n) is 3.76. The predicted octanol–water partition coefficient (Wildman–Crippen LogP) is 6.24. The minimum atomic E-state index is 0.716. The van der Waals surface area contributed by atoms with Crippen molar-refractivity contribution >= 4 is 0 Å². The van der Waals surface area contributed by atoms with Gasteiger partial charge >= 0.3 is 0 Å². The second-order valence-corrected chi connectivity index (χ2v) is 5.64. The second kappa shape index (κ2) is 9.42. The Morgan fingerprint density at radius 2 is 1.44 bits per heavy atom. The van der Waals surface area contributed by atoms with Crippen LogP contribution in [0.25, 0.3) is 0 Å². The van der Waals surface area contributed by atoms with Crippen LogP contribution in [0.2, 0.25) is 0 Å². The molecular formula is C18H31. The van der Waals surface area contributed by atoms with Crippen molar-refractivity contribution in [2.75, 3.05) is 0 Å². The highest BCUT2D eigenvalue weighted by molar-refractivity contribution is 5.35. The van der Waals surface area contributed by atoms with Crippen molar-refractivity contribution in [1.82, 2.24) is 0 Å². The zero-order valence-electron chi connectivity index (χ0n) is 12.7. The van der Waals surface area contributed by atoms with Crippen LogP contribution < -0.4 is 0 Å². The zero-order chi connectivity index (χ0) is 13.2. The summed E-state index contributed by atoms with van der Waals surface area (Å²) in [5, 5.41) is 0. The van der Waals surface area contributed by atoms with Crippen LogP contribution in [0.4, 0.5) is 0 Å². The number of rotatable bonds is 9. The molecule has 1 rings (SSSR count). The van der Waals surface area contributed by atoms with Crippen LogP contribution in [-0.2, 0) is 0 Å². The van der Waals surface area contributed by atoms with Crippen LogP contribution in [0, 0.1) is 12.3 Å². The van der Waals surface area contributed by atoms with Gasteiger partial charge in [-0.2, -0.15) is 0 Å². The molecule has 1 unspecified atom stereocenters. The molecular weight excluding hydrogens is 216 g/mol. The molecule has 0 saturated heterocycles. The molecule has 0 saturated carbocycles. The lowest BCUT2D eigenvalue weighted by Crippen LogP contribution is -2.06. The maximum atomic E-state index is 2.53. The van der Waals surface area contributed by atoms with E-state index in [0.717, 1.165) is 0 Å². The zero-order valence-corrected chi connectivity index (χ0v) is 12.7. The highest BCUT2D eigenvalue weighted by atomic mass is 14.2. The van der Waals surface area contributed by atoms with Crippen molar-refractivity contribution in [3.63, 3.8) is 0 Å². The Labute approximate surface area is 115 Å². The molecule has 1 aliphatic rings. The summed E-state index contributed by atoms with van der Waals surface area (Å²) in [7, 11) is 0. The molecule has 18 heavy (non-hydrogen) atoms. The SMILES string of the molecule is CCCCC1=CC(CCCC)=CC(CCCC)[CH]1. The fraction of sp³-hybridized carbons (Fsp3) is 0.722. The van der Waals surface area contributed by atoms with E-state index in [1.54, 1.807) is 11.1 Å². The van der Waals surface area contributed by atoms with Crippen molar-refractivity contribution < 1.29 is 0 Å². The highest BCUT2D eigenvalue weighted by Gasteiger charge is 2.14. The molecule has 0 spiro atoms. The van der Waals surface area contributed by atoms with Gasteiger partial charge in [0.25, 0.3) is 0 Å². The van der Waals surface area contributed by atoms with Crippen molar-refractivity contribution in [2.45, 2.75) is 78.6 Å². The Morgan fingerprint density at radius 1 is 0.833 bits per heavy atom. The predicted molar refractivity (Wildman–Crippen MR) is 82.5 cm³/mol. The molecule has 0 N–H and O–H groups in total. The van der Waals surface area contributed by atoms with E-state index in [1.165, 1.54) is 57.8 Å². The molecule has 0 aromatic heterocycles. The molecule has 0 heterocycles. The van der Waals surface area contributed by atoms with Gasteiger partial charge < -0.3 is 0 Å². The van der Waals surface area contributed by atoms with E-state index in [-0.39, 0.29) is 0 Å². The first-order valence-electron chi connectivity index (χ1n) is 8.06. The molecule has 1 radical (unpaired) electrons. The molecule has 0 amide bonds. The van der Waals surface area contributed by atoms with Gasteiger partial charge in [0, 0.05) is 0 Å². The van der Waals surface area contributed by atoms with Crippen LogP contribution in [0.3, 0.4) is 0 Å². The van der Waals surface area contributed by atoms with Crippen molar-refractivity contribution in [2.24, 2.45) is 5.92 Å². The standard InChI is InChI=1S/C18H31/c1-4-7-10-16-13-17(11-8-5-2)15-18(14-16)12-9-6-3/h13-16H,4-12H2,1-3H3. The molecule has 0 heteroatoms. The van der Waals surface area contributed by atoms with E-state index in [2.05, 4.69) is 39.3 Å². The van der Waals surface area contributed by atoms with Gasteiger partial charge in [0.1, 0.15) is 0 Å². The summed E-state index contributed by atoms with van der Waals surface area (Å²) in [5.74, 6) is 0.716. The second-order valence-electron chi connectivity index (χ2n) is 5.64. The van der Waals surface area contributed by atoms with Crippen LogP contribution >= 0.6 is 0 Å². The number of hydrogen-bond donors (Lipinski definition) is 0. The lowest BCUT2D eigenvalue weighted by molar-refractivity contribution is 0.599. The number of hydrogen-bond acceptors (Lipinski definition) is 0. The van der Waals surface area contributed by atoms with Crippen LogP contribution in [0.15, 0.2) is 23.3 Å². The third kappa shape index (κ3) is 5.89. The van der Waals surface area contributed by atoms with Gasteiger partial charge in [0.2, 0.25) is 0 Å². The van der Waals surface area contributed by atoms with E-state index in [0.29, 0.717) is 5.92 Å². The van der Waals surface area contributed by atoms with Gasteiger partial charge in [-0.1, -0.05) is 69.8 Å². The maximum Gasteiger partial charge on any atom is -0.00654 e. The molecule has 1 aliphatic carbocycles. The molecule has 0 aliphatic heterocycles. The van der Waals surface area contributed by atoms with E-state index < -0.39 is 0 Å². The van der Waals surface area contributed by atoms with Gasteiger partial charge in [0.05, 0.1) is 0 Å². The minimum absolute atomic E-state index is 0.716. The molecule has 1 atom stereocenters. The topological polar surface area (TPSA) is 0 Å². The summed E-state index contributed by atoms with van der Waals surface area (Å²) >= 11 is 0. The van der Waals surface area contributed by atoms with Gasteiger partial charge in [-0.25, -0.2) is 0 Å². The summed E-state index contributed by atoms with van der Waals surface area (Å²) in [6.45, 7) is 6.86. The summed E-state index contributed by atoms with van der Waals surface area (Å²) in [6.07, 6.45) is 19.4. The van der Waals surface area contributed by atoms with E-state index >= 15 is 0 Å². The lowest BCUT2D eigenvalue weighted by atomic mass is 9.84. The normalized spacial score (nSPS) is 19.6. The van der Waals surface area contributed by atoms with Gasteiger partial charge in [-0.15, -0.1) is 0 Å². The Bertz CT molecular complexity index is 270. The summed E-state index contributed by atoms with van der Waals surface area (Å²) in [4.78, 5) is 0. The fourth-order valence-corrected chi connectivity index (χ4v) is 2.61. The maximum absolute atomic E-state index is 2.53. The average Bonchev–Trinajstić information content (AvgIpc) is 2.40. The van der Waals surface area contributed by atoms with Gasteiger partial charge in [-0.05, 0) is 44.4 Å². The molecule has 0 aromatic carbocycles. The largest absolute Gasteiger partial charge is 0.0776 e. The minimum Gasteiger partial charge on any atom is -0.0776 e. The van der Waals surface area contributed by atoms with E-state index in [1.807, 2.05) is 0 Å². The monoisotopic (exact) mass is 247 g/mol. The van der Waals surface area contributed by atoms with Gasteiger partial charge in [-0.3, -0.25) is 0 Å². The molecule has 0 bridgehead atoms. The molecule has 0 aromatic rings. The van der Waals surface area contributed by atoms with Crippen molar-refractivity contribution in [3.8, 4) is 0 Å². The summed E-state index contributed by atoms with van der Waals surface area (Å²) < 4.78 is 0. The Hall–Kier alpha value is -0.520. The Balaban J connectivity index is 2.56. The lowest BCUT2D eigenvalue weighted by Gasteiger charge is -2.21. The Morgan fingerprint density at radius 3 is 2.06 bits per heavy atom. The molecule has 103 valence electrons. The smallest absolute Gasteiger partial charge is 0.00654 e. The van der Waals surface area contributed by atoms with Crippen molar-refractivity contribution in [3.05, 3.63) is 29.7 Å². The molecule has 0 fully saturated rings. The first-order chi connectivity index (χ1) is 8.80. The number of unbranched alkanes of at least 4 members (excludes halogenated alkanes) is 3. The average molecular weight is 247 g/mol. The third-order valence-corrected chi connectivity index (χ3v) is 3.76.